The fraction of sp³-hybridized carbons (Fsp3) is 0.333. The van der Waals surface area contributed by atoms with Gasteiger partial charge in [0.05, 0.1) is 31.3 Å². The predicted octanol–water partition coefficient (Wildman–Crippen LogP) is 3.58. The SMILES string of the molecule is CC(=O)OC1CC(=O)N1c1ccc(CN2C(=O)[C@@](O)([C@@H](C)/C=C/CC(=O)N3Cc4ccccc4C[C@H]3CO)c3ccccc32)cc1. The molecular formula is C36H37N3O7. The van der Waals surface area contributed by atoms with Gasteiger partial charge in [-0.2, -0.15) is 0 Å². The van der Waals surface area contributed by atoms with Gasteiger partial charge in [-0.3, -0.25) is 24.1 Å². The lowest BCUT2D eigenvalue weighted by atomic mass is 9.83. The van der Waals surface area contributed by atoms with Crippen LogP contribution in [0.15, 0.2) is 84.9 Å². The molecule has 1 saturated heterocycles. The van der Waals surface area contributed by atoms with Gasteiger partial charge in [0.2, 0.25) is 11.8 Å². The highest BCUT2D eigenvalue weighted by atomic mass is 16.6. The molecule has 0 aromatic heterocycles. The van der Waals surface area contributed by atoms with E-state index in [0.29, 0.717) is 29.9 Å². The van der Waals surface area contributed by atoms with Crippen molar-refractivity contribution >= 4 is 35.1 Å². The third-order valence-electron chi connectivity index (χ3n) is 9.20. The first-order valence-electron chi connectivity index (χ1n) is 15.5. The molecule has 2 N–H and O–H groups in total. The van der Waals surface area contributed by atoms with Gasteiger partial charge in [-0.15, -0.1) is 0 Å². The van der Waals surface area contributed by atoms with Gasteiger partial charge in [0.1, 0.15) is 0 Å². The van der Waals surface area contributed by atoms with Crippen molar-refractivity contribution < 1.29 is 34.1 Å². The molecule has 1 unspecified atom stereocenters. The van der Waals surface area contributed by atoms with E-state index in [0.717, 1.165) is 16.7 Å². The average Bonchev–Trinajstić information content (AvgIpc) is 3.26. The number of aliphatic hydroxyl groups is 2. The van der Waals surface area contributed by atoms with E-state index in [1.54, 1.807) is 71.3 Å². The number of rotatable bonds is 9. The normalized spacial score (nSPS) is 22.8. The highest BCUT2D eigenvalue weighted by Crippen LogP contribution is 2.45. The largest absolute Gasteiger partial charge is 0.441 e. The zero-order chi connectivity index (χ0) is 32.6. The molecule has 3 amide bonds. The summed E-state index contributed by atoms with van der Waals surface area (Å²) in [6, 6.07) is 21.8. The Kier molecular flexibility index (Phi) is 8.50. The number of aliphatic hydroxyl groups excluding tert-OH is 1. The van der Waals surface area contributed by atoms with Crippen molar-refractivity contribution in [2.45, 2.75) is 64.1 Å². The quantitative estimate of drug-likeness (QED) is 0.212. The number of carbonyl (C=O) groups is 4. The lowest BCUT2D eigenvalue weighted by molar-refractivity contribution is -0.154. The van der Waals surface area contributed by atoms with Gasteiger partial charge in [-0.1, -0.05) is 73.7 Å². The summed E-state index contributed by atoms with van der Waals surface area (Å²) in [6.07, 6.45) is 3.57. The number of esters is 1. The van der Waals surface area contributed by atoms with E-state index < -0.39 is 29.6 Å². The number of carbonyl (C=O) groups excluding carboxylic acids is 4. The first kappa shape index (κ1) is 31.2. The molecule has 0 spiro atoms. The van der Waals surface area contributed by atoms with Crippen LogP contribution in [0.25, 0.3) is 0 Å². The Morgan fingerprint density at radius 2 is 1.70 bits per heavy atom. The summed E-state index contributed by atoms with van der Waals surface area (Å²) < 4.78 is 5.20. The molecule has 0 bridgehead atoms. The van der Waals surface area contributed by atoms with Crippen LogP contribution in [-0.4, -0.2) is 57.7 Å². The van der Waals surface area contributed by atoms with E-state index in [2.05, 4.69) is 0 Å². The monoisotopic (exact) mass is 623 g/mol. The van der Waals surface area contributed by atoms with Crippen molar-refractivity contribution in [1.29, 1.82) is 0 Å². The van der Waals surface area contributed by atoms with Gasteiger partial charge in [0, 0.05) is 37.1 Å². The van der Waals surface area contributed by atoms with Crippen LogP contribution in [0.1, 0.15) is 48.9 Å². The molecule has 0 aliphatic carbocycles. The molecule has 4 atom stereocenters. The van der Waals surface area contributed by atoms with E-state index in [1.807, 2.05) is 30.3 Å². The molecule has 3 aliphatic rings. The third kappa shape index (κ3) is 5.59. The smallest absolute Gasteiger partial charge is 0.304 e. The summed E-state index contributed by atoms with van der Waals surface area (Å²) in [5.74, 6) is -1.86. The third-order valence-corrected chi connectivity index (χ3v) is 9.20. The highest BCUT2D eigenvalue weighted by Gasteiger charge is 2.52. The highest BCUT2D eigenvalue weighted by molar-refractivity contribution is 6.07. The maximum Gasteiger partial charge on any atom is 0.304 e. The number of amides is 3. The lowest BCUT2D eigenvalue weighted by Gasteiger charge is -2.39. The van der Waals surface area contributed by atoms with Gasteiger partial charge in [0.25, 0.3) is 5.91 Å². The van der Waals surface area contributed by atoms with Crippen molar-refractivity contribution in [3.8, 4) is 0 Å². The number of nitrogens with zero attached hydrogens (tertiary/aromatic N) is 3. The Labute approximate surface area is 267 Å². The van der Waals surface area contributed by atoms with Gasteiger partial charge in [0.15, 0.2) is 11.8 Å². The average molecular weight is 624 g/mol. The van der Waals surface area contributed by atoms with Crippen LogP contribution < -0.4 is 9.80 Å². The molecule has 0 saturated carbocycles. The van der Waals surface area contributed by atoms with E-state index in [9.17, 15) is 29.4 Å². The number of benzene rings is 3. The molecule has 238 valence electrons. The summed E-state index contributed by atoms with van der Waals surface area (Å²) in [4.78, 5) is 55.4. The van der Waals surface area contributed by atoms with E-state index in [-0.39, 0.29) is 43.8 Å². The zero-order valence-corrected chi connectivity index (χ0v) is 25.8. The number of anilines is 2. The summed E-state index contributed by atoms with van der Waals surface area (Å²) in [7, 11) is 0. The Balaban J connectivity index is 1.15. The molecule has 3 aliphatic heterocycles. The minimum atomic E-state index is -1.84. The fourth-order valence-corrected chi connectivity index (χ4v) is 6.66. The van der Waals surface area contributed by atoms with E-state index in [1.165, 1.54) is 11.8 Å². The second-order valence-electron chi connectivity index (χ2n) is 12.1. The Hall–Kier alpha value is -4.80. The summed E-state index contributed by atoms with van der Waals surface area (Å²) in [6.45, 7) is 3.54. The number of hydrogen-bond acceptors (Lipinski definition) is 7. The predicted molar refractivity (Wildman–Crippen MR) is 170 cm³/mol. The van der Waals surface area contributed by atoms with Crippen LogP contribution in [0, 0.1) is 5.92 Å². The molecule has 6 rings (SSSR count). The van der Waals surface area contributed by atoms with Crippen molar-refractivity contribution in [3.05, 3.63) is 107 Å². The number of fused-ring (bicyclic) bond motifs is 2. The maximum absolute atomic E-state index is 13.9. The molecule has 10 nitrogen and oxygen atoms in total. The second kappa shape index (κ2) is 12.5. The fourth-order valence-electron chi connectivity index (χ4n) is 6.66. The Morgan fingerprint density at radius 3 is 2.39 bits per heavy atom. The Morgan fingerprint density at radius 1 is 1.00 bits per heavy atom. The summed E-state index contributed by atoms with van der Waals surface area (Å²) >= 11 is 0. The second-order valence-corrected chi connectivity index (χ2v) is 12.1. The molecule has 46 heavy (non-hydrogen) atoms. The van der Waals surface area contributed by atoms with Gasteiger partial charge in [-0.25, -0.2) is 0 Å². The molecule has 10 heteroatoms. The minimum absolute atomic E-state index is 0.0722. The number of hydrogen-bond donors (Lipinski definition) is 2. The van der Waals surface area contributed by atoms with Gasteiger partial charge in [-0.05, 0) is 41.3 Å². The summed E-state index contributed by atoms with van der Waals surface area (Å²) in [5, 5.41) is 21.9. The number of ether oxygens (including phenoxy) is 1. The molecule has 3 aromatic rings. The van der Waals surface area contributed by atoms with E-state index in [4.69, 9.17) is 4.74 Å². The van der Waals surface area contributed by atoms with Crippen LogP contribution in [0.3, 0.4) is 0 Å². The van der Waals surface area contributed by atoms with Gasteiger partial charge >= 0.3 is 5.97 Å². The van der Waals surface area contributed by atoms with Crippen molar-refractivity contribution in [2.75, 3.05) is 16.4 Å². The van der Waals surface area contributed by atoms with Crippen LogP contribution in [0.2, 0.25) is 0 Å². The first-order valence-corrected chi connectivity index (χ1v) is 15.5. The van der Waals surface area contributed by atoms with Gasteiger partial charge < -0.3 is 24.7 Å². The maximum atomic E-state index is 13.9. The van der Waals surface area contributed by atoms with Crippen LogP contribution in [-0.2, 0) is 49.0 Å². The van der Waals surface area contributed by atoms with E-state index >= 15 is 0 Å². The van der Waals surface area contributed by atoms with Crippen LogP contribution in [0.4, 0.5) is 11.4 Å². The first-order chi connectivity index (χ1) is 22.1. The molecule has 0 radical (unpaired) electrons. The topological polar surface area (TPSA) is 128 Å². The molecular weight excluding hydrogens is 586 g/mol. The Bertz CT molecular complexity index is 1700. The lowest BCUT2D eigenvalue weighted by Crippen LogP contribution is -2.54. The summed E-state index contributed by atoms with van der Waals surface area (Å²) in [5.41, 5.74) is 2.82. The van der Waals surface area contributed by atoms with Crippen LogP contribution in [0.5, 0.6) is 0 Å². The number of β-lactam (4-membered cyclic amide) rings is 1. The van der Waals surface area contributed by atoms with Crippen molar-refractivity contribution in [2.24, 2.45) is 5.92 Å². The molecule has 3 aromatic carbocycles. The molecule has 3 heterocycles. The standard InChI is InChI=1S/C36H37N3O7/c1-23(8-7-13-32(42)37-21-27-10-4-3-9-26(27)18-29(37)22-40)36(45)30-11-5-6-12-31(30)38(35(36)44)20-25-14-16-28(17-15-25)39-33(43)19-34(39)46-24(2)41/h3-12,14-17,23,29,34,40,45H,13,18-22H2,1-2H3/b8-7+/t23-,29-,34?,36+/m0/s1. The number of para-hydroxylation sites is 1. The van der Waals surface area contributed by atoms with Crippen LogP contribution >= 0.6 is 0 Å². The zero-order valence-electron chi connectivity index (χ0n) is 25.8. The van der Waals surface area contributed by atoms with Crippen molar-refractivity contribution in [1.82, 2.24) is 4.90 Å². The van der Waals surface area contributed by atoms with Crippen molar-refractivity contribution in [3.63, 3.8) is 0 Å². The molecule has 1 fully saturated rings. The minimum Gasteiger partial charge on any atom is -0.441 e.